The van der Waals surface area contributed by atoms with Gasteiger partial charge in [0.25, 0.3) is 5.56 Å². The molecule has 6 rings (SSSR count). The highest BCUT2D eigenvalue weighted by atomic mass is 32.2. The van der Waals surface area contributed by atoms with Crippen molar-refractivity contribution >= 4 is 57.1 Å². The molecule has 50 heavy (non-hydrogen) atoms. The third-order valence-corrected chi connectivity index (χ3v) is 9.92. The normalized spacial score (nSPS) is 13.2. The topological polar surface area (TPSA) is 138 Å². The Balaban J connectivity index is 0.988. The summed E-state index contributed by atoms with van der Waals surface area (Å²) in [6, 6.07) is 16.5. The van der Waals surface area contributed by atoms with Gasteiger partial charge in [-0.05, 0) is 87.5 Å². The average molecular weight is 713 g/mol. The van der Waals surface area contributed by atoms with E-state index < -0.39 is 0 Å². The summed E-state index contributed by atoms with van der Waals surface area (Å²) in [6.07, 6.45) is 9.18. The van der Waals surface area contributed by atoms with Crippen molar-refractivity contribution in [2.24, 2.45) is 0 Å². The van der Waals surface area contributed by atoms with Crippen LogP contribution in [-0.2, 0) is 9.59 Å². The van der Waals surface area contributed by atoms with Crippen LogP contribution in [-0.4, -0.2) is 91.0 Å². The second-order valence-corrected chi connectivity index (χ2v) is 14.1. The van der Waals surface area contributed by atoms with E-state index in [1.54, 1.807) is 30.2 Å². The smallest absolute Gasteiger partial charge is 0.272 e. The molecule has 0 radical (unpaired) electrons. The molecule has 0 spiro atoms. The van der Waals surface area contributed by atoms with E-state index in [1.165, 1.54) is 27.7 Å². The van der Waals surface area contributed by atoms with Crippen molar-refractivity contribution in [1.82, 2.24) is 34.8 Å². The van der Waals surface area contributed by atoms with Crippen LogP contribution in [0.1, 0.15) is 38.0 Å². The van der Waals surface area contributed by atoms with E-state index >= 15 is 0 Å². The fraction of sp³-hybridized carbons (Fsp3) is 0.333. The lowest BCUT2D eigenvalue weighted by Gasteiger charge is -2.29. The molecule has 14 heteroatoms. The third kappa shape index (κ3) is 8.67. The summed E-state index contributed by atoms with van der Waals surface area (Å²) < 4.78 is 7.05. The van der Waals surface area contributed by atoms with Gasteiger partial charge in [0.15, 0.2) is 0 Å². The summed E-state index contributed by atoms with van der Waals surface area (Å²) in [5.74, 6) is 1.25. The molecule has 0 fully saturated rings. The number of rotatable bonds is 14. The third-order valence-electron chi connectivity index (χ3n) is 8.16. The largest absolute Gasteiger partial charge is 0.475 e. The van der Waals surface area contributed by atoms with Crippen LogP contribution in [0.25, 0.3) is 32.7 Å². The van der Waals surface area contributed by atoms with E-state index in [1.807, 2.05) is 67.5 Å². The zero-order valence-corrected chi connectivity index (χ0v) is 29.9. The van der Waals surface area contributed by atoms with Crippen LogP contribution in [0.5, 0.6) is 5.88 Å². The molecule has 1 aliphatic rings. The first kappa shape index (κ1) is 35.1. The molecule has 0 aliphatic carbocycles. The Morgan fingerprint density at radius 2 is 2.04 bits per heavy atom. The fourth-order valence-corrected chi connectivity index (χ4v) is 7.37. The minimum absolute atomic E-state index is 0.0377. The molecule has 0 atom stereocenters. The number of hydrogen-bond acceptors (Lipinski definition) is 10. The molecule has 5 heterocycles. The number of anilines is 1. The van der Waals surface area contributed by atoms with Crippen LogP contribution < -0.4 is 15.6 Å². The molecule has 0 saturated heterocycles. The summed E-state index contributed by atoms with van der Waals surface area (Å²) in [6.45, 7) is 6.02. The van der Waals surface area contributed by atoms with Gasteiger partial charge in [-0.2, -0.15) is 14.9 Å². The van der Waals surface area contributed by atoms with Gasteiger partial charge >= 0.3 is 0 Å². The van der Waals surface area contributed by atoms with Gasteiger partial charge in [0.05, 0.1) is 18.2 Å². The van der Waals surface area contributed by atoms with Crippen molar-refractivity contribution in [2.75, 3.05) is 43.6 Å². The number of aromatic amines is 1. The van der Waals surface area contributed by atoms with Crippen molar-refractivity contribution in [1.29, 1.82) is 0 Å². The number of aromatic nitrogens is 5. The lowest BCUT2D eigenvalue weighted by atomic mass is 10.1. The number of nitrogens with zero attached hydrogens (tertiary/aromatic N) is 6. The van der Waals surface area contributed by atoms with E-state index in [0.29, 0.717) is 56.5 Å². The number of thiophene rings is 1. The Bertz CT molecular complexity index is 2040. The number of pyridine rings is 1. The monoisotopic (exact) mass is 712 g/mol. The van der Waals surface area contributed by atoms with E-state index in [2.05, 4.69) is 36.6 Å². The number of amides is 2. The highest BCUT2D eigenvalue weighted by Crippen LogP contribution is 2.31. The Kier molecular flexibility index (Phi) is 11.4. The summed E-state index contributed by atoms with van der Waals surface area (Å²) in [4.78, 5) is 47.8. The molecule has 0 bridgehead atoms. The Labute approximate surface area is 298 Å². The maximum Gasteiger partial charge on any atom is 0.272 e. The summed E-state index contributed by atoms with van der Waals surface area (Å²) >= 11 is 3.18. The number of hydrogen-bond donors (Lipinski definition) is 2. The van der Waals surface area contributed by atoms with Crippen LogP contribution in [0.4, 0.5) is 5.69 Å². The van der Waals surface area contributed by atoms with Gasteiger partial charge in [-0.3, -0.25) is 24.4 Å². The van der Waals surface area contributed by atoms with E-state index in [9.17, 15) is 14.4 Å². The molecule has 0 saturated carbocycles. The molecule has 2 N–H and O–H groups in total. The number of H-pyrrole nitrogens is 1. The van der Waals surface area contributed by atoms with Crippen LogP contribution >= 0.6 is 23.1 Å². The predicted octanol–water partition coefficient (Wildman–Crippen LogP) is 5.68. The van der Waals surface area contributed by atoms with Crippen molar-refractivity contribution in [3.8, 4) is 22.1 Å². The SMILES string of the molecule is CSCN(CCCC(=O)Nc1ccc2[nH]nc(-c3ccc(OC(C)C)nc3)c2c1)CC(=O)N1CC=C(c2ccc(-n3ncccc3=O)s2)CC1. The molecule has 1 aliphatic heterocycles. The number of carbonyl (C=O) groups excluding carboxylic acids is 2. The van der Waals surface area contributed by atoms with E-state index in [-0.39, 0.29) is 23.5 Å². The highest BCUT2D eigenvalue weighted by Gasteiger charge is 2.21. The first-order chi connectivity index (χ1) is 24.3. The lowest BCUT2D eigenvalue weighted by Crippen LogP contribution is -2.42. The van der Waals surface area contributed by atoms with Crippen LogP contribution in [0.15, 0.2) is 77.9 Å². The average Bonchev–Trinajstić information content (AvgIpc) is 3.77. The van der Waals surface area contributed by atoms with Gasteiger partial charge in [0, 0.05) is 71.4 Å². The predicted molar refractivity (Wildman–Crippen MR) is 200 cm³/mol. The molecule has 1 aromatic carbocycles. The van der Waals surface area contributed by atoms with Crippen LogP contribution in [0.2, 0.25) is 0 Å². The highest BCUT2D eigenvalue weighted by molar-refractivity contribution is 7.98. The molecule has 12 nitrogen and oxygen atoms in total. The second-order valence-electron chi connectivity index (χ2n) is 12.2. The van der Waals surface area contributed by atoms with Gasteiger partial charge in [0.1, 0.15) is 10.7 Å². The molecular weight excluding hydrogens is 673 g/mol. The maximum atomic E-state index is 13.3. The number of thioether (sulfide) groups is 1. The zero-order valence-electron chi connectivity index (χ0n) is 28.3. The van der Waals surface area contributed by atoms with Gasteiger partial charge in [-0.1, -0.05) is 6.08 Å². The quantitative estimate of drug-likeness (QED) is 0.139. The minimum atomic E-state index is -0.166. The number of fused-ring (bicyclic) bond motifs is 1. The van der Waals surface area contributed by atoms with Crippen molar-refractivity contribution in [2.45, 2.75) is 39.2 Å². The lowest BCUT2D eigenvalue weighted by molar-refractivity contribution is -0.131. The minimum Gasteiger partial charge on any atom is -0.475 e. The molecule has 0 unspecified atom stereocenters. The van der Waals surface area contributed by atoms with Crippen LogP contribution in [0, 0.1) is 0 Å². The number of carbonyl (C=O) groups is 2. The van der Waals surface area contributed by atoms with Crippen molar-refractivity contribution in [3.05, 3.63) is 88.3 Å². The van der Waals surface area contributed by atoms with Gasteiger partial charge in [-0.15, -0.1) is 23.1 Å². The summed E-state index contributed by atoms with van der Waals surface area (Å²) in [5, 5.41) is 16.4. The number of benzene rings is 1. The number of ether oxygens (including phenoxy) is 1. The van der Waals surface area contributed by atoms with Crippen molar-refractivity contribution in [3.63, 3.8) is 0 Å². The van der Waals surface area contributed by atoms with E-state index in [4.69, 9.17) is 4.74 Å². The molecule has 260 valence electrons. The Hall–Kier alpha value is -4.79. The standard InChI is InChI=1S/C36H40N8O4S2/c1-24(2)48-32-12-8-26(21-37-32)36-28-20-27(9-10-29(28)40-41-36)39-31(45)6-5-17-42(23-49-3)22-34(47)43-18-14-25(15-19-43)30-11-13-35(50-30)44-33(46)7-4-16-38-44/h4,7-14,16,20-21,24H,5-6,15,17-19,22-23H2,1-3H3,(H,39,45)(H,40,41). The van der Waals surface area contributed by atoms with Crippen molar-refractivity contribution < 1.29 is 14.3 Å². The number of nitrogens with one attached hydrogen (secondary N) is 2. The van der Waals surface area contributed by atoms with E-state index in [0.717, 1.165) is 38.5 Å². The fourth-order valence-electron chi connectivity index (χ4n) is 5.75. The first-order valence-corrected chi connectivity index (χ1v) is 18.7. The molecular formula is C36H40N8O4S2. The maximum absolute atomic E-state index is 13.3. The van der Waals surface area contributed by atoms with Crippen LogP contribution in [0.3, 0.4) is 0 Å². The Morgan fingerprint density at radius 1 is 1.16 bits per heavy atom. The molecule has 2 amide bonds. The van der Waals surface area contributed by atoms with Gasteiger partial charge in [-0.25, -0.2) is 4.98 Å². The molecule has 4 aromatic heterocycles. The summed E-state index contributed by atoms with van der Waals surface area (Å²) in [5.41, 5.74) is 4.15. The zero-order chi connectivity index (χ0) is 35.0. The van der Waals surface area contributed by atoms with Gasteiger partial charge in [0.2, 0.25) is 17.7 Å². The second kappa shape index (κ2) is 16.3. The first-order valence-electron chi connectivity index (χ1n) is 16.5. The molecule has 5 aromatic rings. The van der Waals surface area contributed by atoms with Gasteiger partial charge < -0.3 is 15.0 Å². The summed E-state index contributed by atoms with van der Waals surface area (Å²) in [7, 11) is 0. The Morgan fingerprint density at radius 3 is 2.78 bits per heavy atom.